The molecule has 0 saturated heterocycles. The summed E-state index contributed by atoms with van der Waals surface area (Å²) >= 11 is 3.12. The van der Waals surface area contributed by atoms with Crippen molar-refractivity contribution in [2.24, 2.45) is 0 Å². The lowest BCUT2D eigenvalue weighted by Gasteiger charge is -2.23. The fourth-order valence-electron chi connectivity index (χ4n) is 3.45. The number of pyridine rings is 1. The first kappa shape index (κ1) is 25.8. The molecule has 0 bridgehead atoms. The van der Waals surface area contributed by atoms with Gasteiger partial charge in [0.2, 0.25) is 34.8 Å². The van der Waals surface area contributed by atoms with Crippen molar-refractivity contribution in [3.05, 3.63) is 87.7 Å². The highest BCUT2D eigenvalue weighted by molar-refractivity contribution is 9.09. The third kappa shape index (κ3) is 4.28. The number of ether oxygens (including phenoxy) is 1. The van der Waals surface area contributed by atoms with E-state index in [9.17, 15) is 39.6 Å². The predicted octanol–water partition coefficient (Wildman–Crippen LogP) is 4.95. The smallest absolute Gasteiger partial charge is 0.339 e. The van der Waals surface area contributed by atoms with E-state index >= 15 is 0 Å². The standard InChI is InChI=1S/C22H12BrF6NO5S/c1-34-15-7-11(23)12(24)8-14(15)30-13-4-3-10(6-9(13)2-5-16(30)31)36(32,33)35-22-20(28)18(26)17(25)19(27)21(22)29/h2-8,11-12H,1H3/t11-,12?/m0/s1. The summed E-state index contributed by atoms with van der Waals surface area (Å²) in [5, 5.41) is 0.0735. The first-order valence-electron chi connectivity index (χ1n) is 9.75. The summed E-state index contributed by atoms with van der Waals surface area (Å²) in [6.45, 7) is 0. The number of rotatable bonds is 5. The molecule has 14 heteroatoms. The van der Waals surface area contributed by atoms with Crippen molar-refractivity contribution in [3.63, 3.8) is 0 Å². The van der Waals surface area contributed by atoms with Crippen molar-refractivity contribution in [1.82, 2.24) is 4.57 Å². The summed E-state index contributed by atoms with van der Waals surface area (Å²) in [6, 6.07) is 5.19. The molecule has 1 aliphatic carbocycles. The van der Waals surface area contributed by atoms with Gasteiger partial charge in [-0.15, -0.1) is 0 Å². The molecule has 6 nitrogen and oxygen atoms in total. The van der Waals surface area contributed by atoms with Crippen molar-refractivity contribution < 1.29 is 43.7 Å². The van der Waals surface area contributed by atoms with E-state index in [1.807, 2.05) is 0 Å². The van der Waals surface area contributed by atoms with Crippen LogP contribution in [0.4, 0.5) is 26.3 Å². The Labute approximate surface area is 207 Å². The minimum Gasteiger partial charge on any atom is -0.495 e. The lowest BCUT2D eigenvalue weighted by Crippen LogP contribution is -2.25. The van der Waals surface area contributed by atoms with Gasteiger partial charge in [-0.3, -0.25) is 9.36 Å². The first-order chi connectivity index (χ1) is 16.9. The molecule has 0 amide bonds. The van der Waals surface area contributed by atoms with Crippen LogP contribution >= 0.6 is 15.9 Å². The summed E-state index contributed by atoms with van der Waals surface area (Å²) in [4.78, 5) is 11.2. The molecule has 36 heavy (non-hydrogen) atoms. The summed E-state index contributed by atoms with van der Waals surface area (Å²) in [5.74, 6) is -14.1. The Hall–Kier alpha value is -3.26. The van der Waals surface area contributed by atoms with Gasteiger partial charge in [0.05, 0.1) is 23.2 Å². The zero-order chi connectivity index (χ0) is 26.5. The molecule has 190 valence electrons. The van der Waals surface area contributed by atoms with Gasteiger partial charge in [-0.1, -0.05) is 15.9 Å². The molecular formula is C22H12BrF6NO5S. The largest absolute Gasteiger partial charge is 0.495 e. The van der Waals surface area contributed by atoms with Crippen LogP contribution in [0.25, 0.3) is 16.6 Å². The van der Waals surface area contributed by atoms with Crippen molar-refractivity contribution in [1.29, 1.82) is 0 Å². The monoisotopic (exact) mass is 595 g/mol. The van der Waals surface area contributed by atoms with Crippen LogP contribution < -0.4 is 9.74 Å². The highest BCUT2D eigenvalue weighted by atomic mass is 79.9. The average molecular weight is 596 g/mol. The van der Waals surface area contributed by atoms with Gasteiger partial charge in [0.15, 0.2) is 0 Å². The zero-order valence-electron chi connectivity index (χ0n) is 17.7. The van der Waals surface area contributed by atoms with E-state index in [0.29, 0.717) is 0 Å². The van der Waals surface area contributed by atoms with Crippen LogP contribution in [0.2, 0.25) is 0 Å². The molecule has 0 saturated carbocycles. The van der Waals surface area contributed by atoms with Gasteiger partial charge in [0.1, 0.15) is 16.8 Å². The van der Waals surface area contributed by atoms with E-state index in [1.165, 1.54) is 19.3 Å². The van der Waals surface area contributed by atoms with Crippen LogP contribution in [0, 0.1) is 29.1 Å². The lowest BCUT2D eigenvalue weighted by atomic mass is 10.1. The topological polar surface area (TPSA) is 74.6 Å². The number of fused-ring (bicyclic) bond motifs is 1. The lowest BCUT2D eigenvalue weighted by molar-refractivity contribution is 0.298. The van der Waals surface area contributed by atoms with E-state index in [-0.39, 0.29) is 22.4 Å². The van der Waals surface area contributed by atoms with Crippen LogP contribution in [-0.4, -0.2) is 31.1 Å². The van der Waals surface area contributed by atoms with E-state index in [0.717, 1.165) is 34.9 Å². The molecule has 0 aliphatic heterocycles. The summed E-state index contributed by atoms with van der Waals surface area (Å²) in [5.41, 5.74) is -0.498. The Morgan fingerprint density at radius 2 is 1.53 bits per heavy atom. The maximum absolute atomic E-state index is 14.4. The van der Waals surface area contributed by atoms with Crippen LogP contribution in [-0.2, 0) is 14.9 Å². The third-order valence-electron chi connectivity index (χ3n) is 5.16. The van der Waals surface area contributed by atoms with Gasteiger partial charge < -0.3 is 8.92 Å². The van der Waals surface area contributed by atoms with E-state index < -0.39 is 66.4 Å². The normalized spacial score (nSPS) is 18.1. The van der Waals surface area contributed by atoms with E-state index in [1.54, 1.807) is 0 Å². The fourth-order valence-corrected chi connectivity index (χ4v) is 4.81. The highest BCUT2D eigenvalue weighted by Gasteiger charge is 2.31. The Morgan fingerprint density at radius 3 is 2.14 bits per heavy atom. The number of benzene rings is 2. The number of nitrogens with zero attached hydrogens (tertiary/aromatic N) is 1. The third-order valence-corrected chi connectivity index (χ3v) is 7.15. The molecule has 1 aliphatic rings. The van der Waals surface area contributed by atoms with Gasteiger partial charge in [-0.05, 0) is 36.4 Å². The number of hydrogen-bond donors (Lipinski definition) is 0. The molecule has 2 atom stereocenters. The number of alkyl halides is 2. The minimum absolute atomic E-state index is 0.0320. The zero-order valence-corrected chi connectivity index (χ0v) is 20.1. The fraction of sp³-hybridized carbons (Fsp3) is 0.136. The van der Waals surface area contributed by atoms with Crippen LogP contribution in [0.15, 0.2) is 57.9 Å². The first-order valence-corrected chi connectivity index (χ1v) is 12.1. The number of methoxy groups -OCH3 is 1. The second kappa shape index (κ2) is 9.32. The minimum atomic E-state index is -5.12. The molecule has 0 fully saturated rings. The van der Waals surface area contributed by atoms with E-state index in [2.05, 4.69) is 20.1 Å². The van der Waals surface area contributed by atoms with Crippen molar-refractivity contribution in [2.45, 2.75) is 15.9 Å². The SMILES string of the molecule is COC1=C[C@H](Br)C(F)C=C1n1c(=O)ccc2cc(S(=O)(=O)Oc3c(F)c(F)c(F)c(F)c3F)ccc21. The Bertz CT molecular complexity index is 1610. The van der Waals surface area contributed by atoms with E-state index in [4.69, 9.17) is 4.74 Å². The molecule has 3 aromatic rings. The molecule has 1 aromatic heterocycles. The second-order valence-electron chi connectivity index (χ2n) is 7.34. The molecule has 4 rings (SSSR count). The van der Waals surface area contributed by atoms with Crippen LogP contribution in [0.3, 0.4) is 0 Å². The summed E-state index contributed by atoms with van der Waals surface area (Å²) in [6.07, 6.45) is 0.980. The van der Waals surface area contributed by atoms with Gasteiger partial charge in [-0.25, -0.2) is 17.6 Å². The van der Waals surface area contributed by atoms with Gasteiger partial charge in [0, 0.05) is 11.5 Å². The number of aromatic nitrogens is 1. The highest BCUT2D eigenvalue weighted by Crippen LogP contribution is 2.33. The molecule has 0 N–H and O–H groups in total. The van der Waals surface area contributed by atoms with Crippen LogP contribution in [0.1, 0.15) is 0 Å². The van der Waals surface area contributed by atoms with Crippen molar-refractivity contribution >= 4 is 42.6 Å². The summed E-state index contributed by atoms with van der Waals surface area (Å²) in [7, 11) is -3.81. The predicted molar refractivity (Wildman–Crippen MR) is 119 cm³/mol. The maximum Gasteiger partial charge on any atom is 0.339 e. The number of hydrogen-bond acceptors (Lipinski definition) is 5. The molecular weight excluding hydrogens is 584 g/mol. The quantitative estimate of drug-likeness (QED) is 0.137. The molecule has 0 radical (unpaired) electrons. The number of halogens is 7. The van der Waals surface area contributed by atoms with Crippen LogP contribution in [0.5, 0.6) is 5.75 Å². The molecule has 0 spiro atoms. The van der Waals surface area contributed by atoms with Gasteiger partial charge in [-0.2, -0.15) is 17.2 Å². The van der Waals surface area contributed by atoms with Crippen molar-refractivity contribution in [2.75, 3.05) is 7.11 Å². The average Bonchev–Trinajstić information content (AvgIpc) is 2.85. The van der Waals surface area contributed by atoms with Gasteiger partial charge in [0.25, 0.3) is 5.56 Å². The Balaban J connectivity index is 1.83. The molecule has 1 heterocycles. The van der Waals surface area contributed by atoms with Gasteiger partial charge >= 0.3 is 10.1 Å². The molecule has 1 unspecified atom stereocenters. The van der Waals surface area contributed by atoms with Crippen molar-refractivity contribution in [3.8, 4) is 5.75 Å². The summed E-state index contributed by atoms with van der Waals surface area (Å²) < 4.78 is 118. The Kier molecular flexibility index (Phi) is 6.68. The second-order valence-corrected chi connectivity index (χ2v) is 9.94. The molecule has 2 aromatic carbocycles. The number of allylic oxidation sites excluding steroid dienone is 3. The Morgan fingerprint density at radius 1 is 0.917 bits per heavy atom. The maximum atomic E-state index is 14.4.